The third-order valence-corrected chi connectivity index (χ3v) is 4.86. The highest BCUT2D eigenvalue weighted by Crippen LogP contribution is 2.42. The topological polar surface area (TPSA) is 84.9 Å². The van der Waals surface area contributed by atoms with Crippen LogP contribution in [0.25, 0.3) is 0 Å². The summed E-state index contributed by atoms with van der Waals surface area (Å²) in [5, 5.41) is 2.84. The average Bonchev–Trinajstić information content (AvgIpc) is 2.88. The minimum atomic E-state index is -0.825. The summed E-state index contributed by atoms with van der Waals surface area (Å²) in [6.07, 6.45) is 0. The van der Waals surface area contributed by atoms with E-state index < -0.39 is 11.4 Å². The van der Waals surface area contributed by atoms with Gasteiger partial charge in [-0.1, -0.05) is 12.1 Å². The first kappa shape index (κ1) is 19.4. The van der Waals surface area contributed by atoms with E-state index in [0.29, 0.717) is 22.7 Å². The molecule has 28 heavy (non-hydrogen) atoms. The number of fused-ring (bicyclic) bond motifs is 1. The first-order valence-corrected chi connectivity index (χ1v) is 8.77. The SMILES string of the molecule is COC(=O)CN1C(=O)C(C)(C)c2cc(NC(=O)c3ccccc3OC)ccc21. The second-order valence-corrected chi connectivity index (χ2v) is 6.98. The molecule has 1 aliphatic rings. The molecule has 7 heteroatoms. The molecule has 7 nitrogen and oxygen atoms in total. The molecule has 2 amide bonds. The molecule has 0 spiro atoms. The number of nitrogens with zero attached hydrogens (tertiary/aromatic N) is 1. The van der Waals surface area contributed by atoms with Gasteiger partial charge in [0, 0.05) is 11.4 Å². The van der Waals surface area contributed by atoms with E-state index in [1.165, 1.54) is 19.1 Å². The van der Waals surface area contributed by atoms with Crippen LogP contribution in [0, 0.1) is 0 Å². The monoisotopic (exact) mass is 382 g/mol. The first-order valence-electron chi connectivity index (χ1n) is 8.77. The van der Waals surface area contributed by atoms with Crippen molar-refractivity contribution in [3.63, 3.8) is 0 Å². The van der Waals surface area contributed by atoms with Crippen molar-refractivity contribution < 1.29 is 23.9 Å². The molecule has 0 bridgehead atoms. The van der Waals surface area contributed by atoms with E-state index in [-0.39, 0.29) is 18.4 Å². The van der Waals surface area contributed by atoms with Gasteiger partial charge in [-0.2, -0.15) is 0 Å². The third kappa shape index (κ3) is 3.31. The predicted octanol–water partition coefficient (Wildman–Crippen LogP) is 2.74. The lowest BCUT2D eigenvalue weighted by molar-refractivity contribution is -0.140. The first-order chi connectivity index (χ1) is 13.3. The van der Waals surface area contributed by atoms with Crippen molar-refractivity contribution >= 4 is 29.2 Å². The molecule has 146 valence electrons. The quantitative estimate of drug-likeness (QED) is 0.804. The van der Waals surface area contributed by atoms with Gasteiger partial charge in [-0.25, -0.2) is 0 Å². The molecular formula is C21H22N2O5. The van der Waals surface area contributed by atoms with E-state index in [0.717, 1.165) is 5.56 Å². The molecule has 0 radical (unpaired) electrons. The number of hydrogen-bond donors (Lipinski definition) is 1. The highest BCUT2D eigenvalue weighted by molar-refractivity contribution is 6.11. The second-order valence-electron chi connectivity index (χ2n) is 6.98. The van der Waals surface area contributed by atoms with Gasteiger partial charge in [0.2, 0.25) is 5.91 Å². The van der Waals surface area contributed by atoms with E-state index in [9.17, 15) is 14.4 Å². The normalized spacial score (nSPS) is 14.4. The Hall–Kier alpha value is -3.35. The summed E-state index contributed by atoms with van der Waals surface area (Å²) in [6.45, 7) is 3.42. The third-order valence-electron chi connectivity index (χ3n) is 4.86. The lowest BCUT2D eigenvalue weighted by Crippen LogP contribution is -2.39. The van der Waals surface area contributed by atoms with Crippen molar-refractivity contribution in [2.75, 3.05) is 31.0 Å². The maximum Gasteiger partial charge on any atom is 0.325 e. The Balaban J connectivity index is 1.91. The van der Waals surface area contributed by atoms with Gasteiger partial charge in [-0.3, -0.25) is 14.4 Å². The van der Waals surface area contributed by atoms with E-state index in [4.69, 9.17) is 4.74 Å². The highest BCUT2D eigenvalue weighted by atomic mass is 16.5. The van der Waals surface area contributed by atoms with Crippen molar-refractivity contribution in [3.05, 3.63) is 53.6 Å². The Kier molecular flexibility index (Phi) is 5.09. The summed E-state index contributed by atoms with van der Waals surface area (Å²) in [4.78, 5) is 38.5. The fourth-order valence-electron chi connectivity index (χ4n) is 3.29. The zero-order chi connectivity index (χ0) is 20.5. The lowest BCUT2D eigenvalue weighted by Gasteiger charge is -2.19. The van der Waals surface area contributed by atoms with E-state index in [1.807, 2.05) is 0 Å². The van der Waals surface area contributed by atoms with Crippen LogP contribution in [0.15, 0.2) is 42.5 Å². The van der Waals surface area contributed by atoms with Gasteiger partial charge < -0.3 is 19.7 Å². The number of hydrogen-bond acceptors (Lipinski definition) is 5. The molecular weight excluding hydrogens is 360 g/mol. The number of amides is 2. The fraction of sp³-hybridized carbons (Fsp3) is 0.286. The number of nitrogens with one attached hydrogen (secondary N) is 1. The van der Waals surface area contributed by atoms with Crippen LogP contribution in [0.1, 0.15) is 29.8 Å². The van der Waals surface area contributed by atoms with Crippen molar-refractivity contribution in [1.82, 2.24) is 0 Å². The number of esters is 1. The Morgan fingerprint density at radius 1 is 1.11 bits per heavy atom. The number of rotatable bonds is 5. The molecule has 0 aromatic heterocycles. The van der Waals surface area contributed by atoms with Crippen molar-refractivity contribution in [2.24, 2.45) is 0 Å². The van der Waals surface area contributed by atoms with Crippen molar-refractivity contribution in [2.45, 2.75) is 19.3 Å². The van der Waals surface area contributed by atoms with Gasteiger partial charge in [-0.15, -0.1) is 0 Å². The number of methoxy groups -OCH3 is 2. The fourth-order valence-corrected chi connectivity index (χ4v) is 3.29. The van der Waals surface area contributed by atoms with Gasteiger partial charge >= 0.3 is 5.97 Å². The Morgan fingerprint density at radius 2 is 1.82 bits per heavy atom. The molecule has 0 saturated heterocycles. The van der Waals surface area contributed by atoms with Gasteiger partial charge in [0.05, 0.1) is 25.2 Å². The van der Waals surface area contributed by atoms with Crippen LogP contribution in [0.4, 0.5) is 11.4 Å². The largest absolute Gasteiger partial charge is 0.496 e. The van der Waals surface area contributed by atoms with Gasteiger partial charge in [0.1, 0.15) is 12.3 Å². The summed E-state index contributed by atoms with van der Waals surface area (Å²) in [6, 6.07) is 12.1. The summed E-state index contributed by atoms with van der Waals surface area (Å²) in [5.74, 6) is -0.529. The molecule has 0 unspecified atom stereocenters. The smallest absolute Gasteiger partial charge is 0.325 e. The van der Waals surface area contributed by atoms with Crippen LogP contribution in [-0.4, -0.2) is 38.5 Å². The number of anilines is 2. The molecule has 0 saturated carbocycles. The lowest BCUT2D eigenvalue weighted by atomic mass is 9.86. The zero-order valence-electron chi connectivity index (χ0n) is 16.2. The molecule has 3 rings (SSSR count). The number of benzene rings is 2. The van der Waals surface area contributed by atoms with Crippen LogP contribution in [-0.2, 0) is 19.7 Å². The average molecular weight is 382 g/mol. The molecule has 0 fully saturated rings. The molecule has 1 N–H and O–H groups in total. The van der Waals surface area contributed by atoms with E-state index in [1.54, 1.807) is 56.3 Å². The number of carbonyl (C=O) groups is 3. The van der Waals surface area contributed by atoms with Crippen LogP contribution in [0.3, 0.4) is 0 Å². The Labute approximate surface area is 163 Å². The molecule has 0 atom stereocenters. The van der Waals surface area contributed by atoms with Gasteiger partial charge in [0.15, 0.2) is 0 Å². The molecule has 1 heterocycles. The number of carbonyl (C=O) groups excluding carboxylic acids is 3. The molecule has 1 aliphatic heterocycles. The molecule has 0 aliphatic carbocycles. The van der Waals surface area contributed by atoms with Gasteiger partial charge in [0.25, 0.3) is 5.91 Å². The second kappa shape index (κ2) is 7.34. The molecule has 2 aromatic carbocycles. The summed E-state index contributed by atoms with van der Waals surface area (Å²) in [5.41, 5.74) is 1.51. The molecule has 2 aromatic rings. The van der Waals surface area contributed by atoms with Crippen molar-refractivity contribution in [1.29, 1.82) is 0 Å². The van der Waals surface area contributed by atoms with E-state index in [2.05, 4.69) is 10.1 Å². The summed E-state index contributed by atoms with van der Waals surface area (Å²) >= 11 is 0. The Bertz CT molecular complexity index is 952. The zero-order valence-corrected chi connectivity index (χ0v) is 16.2. The maximum absolute atomic E-state index is 12.8. The summed E-state index contributed by atoms with van der Waals surface area (Å²) in [7, 11) is 2.79. The Morgan fingerprint density at radius 3 is 2.50 bits per heavy atom. The minimum absolute atomic E-state index is 0.154. The summed E-state index contributed by atoms with van der Waals surface area (Å²) < 4.78 is 9.92. The van der Waals surface area contributed by atoms with E-state index >= 15 is 0 Å². The minimum Gasteiger partial charge on any atom is -0.496 e. The van der Waals surface area contributed by atoms with Crippen LogP contribution >= 0.6 is 0 Å². The number of ether oxygens (including phenoxy) is 2. The van der Waals surface area contributed by atoms with Crippen LogP contribution in [0.5, 0.6) is 5.75 Å². The highest BCUT2D eigenvalue weighted by Gasteiger charge is 2.44. The standard InChI is InChI=1S/C21H22N2O5/c1-21(2)15-11-13(22-19(25)14-7-5-6-8-17(14)27-3)9-10-16(15)23(20(21)26)12-18(24)28-4/h5-11H,12H2,1-4H3,(H,22,25). The predicted molar refractivity (Wildman–Crippen MR) is 105 cm³/mol. The van der Waals surface area contributed by atoms with Crippen molar-refractivity contribution in [3.8, 4) is 5.75 Å². The number of para-hydroxylation sites is 1. The van der Waals surface area contributed by atoms with Crippen LogP contribution in [0.2, 0.25) is 0 Å². The maximum atomic E-state index is 12.8. The van der Waals surface area contributed by atoms with Gasteiger partial charge in [-0.05, 0) is 49.7 Å². The van der Waals surface area contributed by atoms with Crippen LogP contribution < -0.4 is 15.0 Å².